The molecule has 14 heavy (non-hydrogen) atoms. The second-order valence-electron chi connectivity index (χ2n) is 3.42. The highest BCUT2D eigenvalue weighted by Gasteiger charge is 2.21. The molecule has 1 aliphatic carbocycles. The molecule has 0 saturated heterocycles. The zero-order valence-electron chi connectivity index (χ0n) is 8.23. The van der Waals surface area contributed by atoms with Gasteiger partial charge < -0.3 is 10.2 Å². The van der Waals surface area contributed by atoms with Crippen LogP contribution in [0, 0.1) is 0 Å². The van der Waals surface area contributed by atoms with Gasteiger partial charge in [0.1, 0.15) is 7.11 Å². The highest BCUT2D eigenvalue weighted by molar-refractivity contribution is 5.87. The van der Waals surface area contributed by atoms with Crippen molar-refractivity contribution in [2.45, 2.75) is 18.9 Å². The van der Waals surface area contributed by atoms with Crippen LogP contribution < -0.4 is 5.32 Å². The van der Waals surface area contributed by atoms with Gasteiger partial charge in [0.15, 0.2) is 0 Å². The Kier molecular flexibility index (Phi) is 2.68. The van der Waals surface area contributed by atoms with E-state index in [0.717, 1.165) is 11.3 Å². The quantitative estimate of drug-likeness (QED) is 0.583. The highest BCUT2D eigenvalue weighted by atomic mass is 16.6. The van der Waals surface area contributed by atoms with Gasteiger partial charge in [-0.1, -0.05) is 23.4 Å². The fourth-order valence-electron chi connectivity index (χ4n) is 1.30. The van der Waals surface area contributed by atoms with Crippen LogP contribution in [-0.2, 0) is 4.84 Å². The van der Waals surface area contributed by atoms with Gasteiger partial charge in [-0.3, -0.25) is 0 Å². The molecule has 0 unspecified atom stereocenters. The van der Waals surface area contributed by atoms with Gasteiger partial charge in [-0.25, -0.2) is 0 Å². The van der Waals surface area contributed by atoms with Gasteiger partial charge in [-0.05, 0) is 18.9 Å². The Labute approximate surface area is 83.8 Å². The molecule has 0 aliphatic heterocycles. The van der Waals surface area contributed by atoms with Crippen molar-refractivity contribution in [3.63, 3.8) is 0 Å². The number of hydrogen-bond acceptors (Lipinski definition) is 3. The van der Waals surface area contributed by atoms with Crippen molar-refractivity contribution >= 4 is 11.9 Å². The Bertz CT molecular complexity index is 332. The molecule has 0 heterocycles. The Morgan fingerprint density at radius 1 is 1.43 bits per heavy atom. The maximum absolute atomic E-state index is 4.66. The van der Waals surface area contributed by atoms with Crippen molar-refractivity contribution in [2.75, 3.05) is 12.4 Å². The van der Waals surface area contributed by atoms with Gasteiger partial charge in [-0.2, -0.15) is 0 Å². The van der Waals surface area contributed by atoms with Crippen LogP contribution in [0.25, 0.3) is 0 Å². The molecular formula is C11H14N2O. The van der Waals surface area contributed by atoms with E-state index < -0.39 is 0 Å². The maximum Gasteiger partial charge on any atom is 0.106 e. The minimum Gasteiger partial charge on any atom is -0.399 e. The summed E-state index contributed by atoms with van der Waals surface area (Å²) in [5, 5.41) is 7.21. The molecule has 0 spiro atoms. The summed E-state index contributed by atoms with van der Waals surface area (Å²) in [4.78, 5) is 4.66. The van der Waals surface area contributed by atoms with E-state index in [0.29, 0.717) is 6.04 Å². The lowest BCUT2D eigenvalue weighted by atomic mass is 10.2. The number of nitrogens with one attached hydrogen (secondary N) is 1. The fourth-order valence-corrected chi connectivity index (χ4v) is 1.30. The van der Waals surface area contributed by atoms with Gasteiger partial charge in [0.05, 0.1) is 6.21 Å². The first-order valence-electron chi connectivity index (χ1n) is 4.82. The van der Waals surface area contributed by atoms with Crippen LogP contribution in [0.4, 0.5) is 5.69 Å². The minimum atomic E-state index is 0.659. The summed E-state index contributed by atoms with van der Waals surface area (Å²) in [6, 6.07) is 8.76. The molecule has 1 N–H and O–H groups in total. The number of anilines is 1. The molecule has 3 nitrogen and oxygen atoms in total. The first-order chi connectivity index (χ1) is 6.90. The third-order valence-corrected chi connectivity index (χ3v) is 2.19. The summed E-state index contributed by atoms with van der Waals surface area (Å²) in [7, 11) is 1.55. The first kappa shape index (κ1) is 9.06. The van der Waals surface area contributed by atoms with Gasteiger partial charge >= 0.3 is 0 Å². The van der Waals surface area contributed by atoms with Gasteiger partial charge in [0.25, 0.3) is 0 Å². The number of para-hydroxylation sites is 1. The third-order valence-electron chi connectivity index (χ3n) is 2.19. The van der Waals surface area contributed by atoms with E-state index >= 15 is 0 Å². The largest absolute Gasteiger partial charge is 0.399 e. The molecule has 74 valence electrons. The standard InChI is InChI=1S/C11H14N2O/c1-14-12-8-9-4-2-3-5-11(9)13-10-6-7-10/h2-5,8,10,13H,6-7H2,1H3. The van der Waals surface area contributed by atoms with Crippen molar-refractivity contribution in [1.29, 1.82) is 0 Å². The van der Waals surface area contributed by atoms with Crippen molar-refractivity contribution in [3.05, 3.63) is 29.8 Å². The van der Waals surface area contributed by atoms with Crippen LogP contribution in [0.1, 0.15) is 18.4 Å². The number of benzene rings is 1. The molecule has 0 bridgehead atoms. The highest BCUT2D eigenvalue weighted by Crippen LogP contribution is 2.25. The van der Waals surface area contributed by atoms with Crippen molar-refractivity contribution in [2.24, 2.45) is 5.16 Å². The fraction of sp³-hybridized carbons (Fsp3) is 0.364. The number of hydrogen-bond donors (Lipinski definition) is 1. The summed E-state index contributed by atoms with van der Waals surface area (Å²) in [5.74, 6) is 0. The lowest BCUT2D eigenvalue weighted by Crippen LogP contribution is -2.03. The van der Waals surface area contributed by atoms with Crippen LogP contribution in [0.3, 0.4) is 0 Å². The van der Waals surface area contributed by atoms with Crippen LogP contribution in [0.5, 0.6) is 0 Å². The average molecular weight is 190 g/mol. The van der Waals surface area contributed by atoms with E-state index in [-0.39, 0.29) is 0 Å². The summed E-state index contributed by atoms with van der Waals surface area (Å²) in [6.07, 6.45) is 4.27. The van der Waals surface area contributed by atoms with Crippen molar-refractivity contribution in [3.8, 4) is 0 Å². The van der Waals surface area contributed by atoms with Crippen LogP contribution in [0.2, 0.25) is 0 Å². The zero-order chi connectivity index (χ0) is 9.80. The first-order valence-corrected chi connectivity index (χ1v) is 4.82. The number of oxime groups is 1. The molecular weight excluding hydrogens is 176 g/mol. The number of nitrogens with zero attached hydrogens (tertiary/aromatic N) is 1. The van der Waals surface area contributed by atoms with E-state index in [2.05, 4.69) is 21.4 Å². The molecule has 2 rings (SSSR count). The second kappa shape index (κ2) is 4.13. The van der Waals surface area contributed by atoms with E-state index in [4.69, 9.17) is 0 Å². The predicted molar refractivity (Wildman–Crippen MR) is 57.7 cm³/mol. The molecule has 1 aromatic carbocycles. The van der Waals surface area contributed by atoms with E-state index in [1.807, 2.05) is 18.2 Å². The molecule has 0 radical (unpaired) electrons. The minimum absolute atomic E-state index is 0.659. The number of rotatable bonds is 4. The summed E-state index contributed by atoms with van der Waals surface area (Å²) < 4.78 is 0. The molecule has 0 aromatic heterocycles. The molecule has 0 amide bonds. The monoisotopic (exact) mass is 190 g/mol. The molecule has 1 fully saturated rings. The zero-order valence-corrected chi connectivity index (χ0v) is 8.23. The van der Waals surface area contributed by atoms with Crippen LogP contribution >= 0.6 is 0 Å². The smallest absolute Gasteiger partial charge is 0.106 e. The van der Waals surface area contributed by atoms with Crippen molar-refractivity contribution < 1.29 is 4.84 Å². The molecule has 1 saturated carbocycles. The van der Waals surface area contributed by atoms with Crippen LogP contribution in [0.15, 0.2) is 29.4 Å². The normalized spacial score (nSPS) is 15.8. The molecule has 1 aliphatic rings. The topological polar surface area (TPSA) is 33.6 Å². The van der Waals surface area contributed by atoms with E-state index in [9.17, 15) is 0 Å². The lowest BCUT2D eigenvalue weighted by Gasteiger charge is -2.06. The summed E-state index contributed by atoms with van der Waals surface area (Å²) in [6.45, 7) is 0. The van der Waals surface area contributed by atoms with Gasteiger partial charge in [0, 0.05) is 17.3 Å². The Balaban J connectivity index is 2.14. The lowest BCUT2D eigenvalue weighted by molar-refractivity contribution is 0.215. The second-order valence-corrected chi connectivity index (χ2v) is 3.42. The molecule has 1 aromatic rings. The van der Waals surface area contributed by atoms with Gasteiger partial charge in [-0.15, -0.1) is 0 Å². The Morgan fingerprint density at radius 3 is 2.93 bits per heavy atom. The maximum atomic E-state index is 4.66. The van der Waals surface area contributed by atoms with E-state index in [1.54, 1.807) is 13.3 Å². The van der Waals surface area contributed by atoms with E-state index in [1.165, 1.54) is 12.8 Å². The average Bonchev–Trinajstić information content (AvgIpc) is 3.01. The van der Waals surface area contributed by atoms with Crippen LogP contribution in [-0.4, -0.2) is 19.4 Å². The molecule has 0 atom stereocenters. The Morgan fingerprint density at radius 2 is 2.21 bits per heavy atom. The predicted octanol–water partition coefficient (Wildman–Crippen LogP) is 2.24. The van der Waals surface area contributed by atoms with Gasteiger partial charge in [0.2, 0.25) is 0 Å². The summed E-state index contributed by atoms with van der Waals surface area (Å²) >= 11 is 0. The SMILES string of the molecule is CON=Cc1ccccc1NC1CC1. The Hall–Kier alpha value is -1.51. The third kappa shape index (κ3) is 2.25. The van der Waals surface area contributed by atoms with Crippen molar-refractivity contribution in [1.82, 2.24) is 0 Å². The molecule has 3 heteroatoms. The summed E-state index contributed by atoms with van der Waals surface area (Å²) in [5.41, 5.74) is 2.21.